The summed E-state index contributed by atoms with van der Waals surface area (Å²) in [6.45, 7) is 8.15. The molecule has 0 aliphatic carbocycles. The molecule has 0 fully saturated rings. The van der Waals surface area contributed by atoms with Crippen LogP contribution in [0.1, 0.15) is 25.1 Å². The van der Waals surface area contributed by atoms with Gasteiger partial charge in [0.05, 0.1) is 11.3 Å². The third kappa shape index (κ3) is 4.32. The highest BCUT2D eigenvalue weighted by Gasteiger charge is 2.15. The average molecular weight is 352 g/mol. The number of nitrogens with zero attached hydrogens (tertiary/aromatic N) is 2. The van der Waals surface area contributed by atoms with Crippen LogP contribution in [0.15, 0.2) is 28.7 Å². The lowest BCUT2D eigenvalue weighted by atomic mass is 10.2. The molecule has 0 bridgehead atoms. The fraction of sp³-hybridized carbons (Fsp3) is 0.438. The van der Waals surface area contributed by atoms with Crippen LogP contribution in [0.25, 0.3) is 0 Å². The number of hydrogen-bond donors (Lipinski definition) is 1. The Morgan fingerprint density at radius 2 is 1.95 bits per heavy atom. The minimum atomic E-state index is 0.623. The van der Waals surface area contributed by atoms with E-state index < -0.39 is 0 Å². The zero-order valence-electron chi connectivity index (χ0n) is 13.0. The lowest BCUT2D eigenvalue weighted by molar-refractivity contribution is 0.422. The lowest BCUT2D eigenvalue weighted by Gasteiger charge is -2.11. The second kappa shape index (κ2) is 7.09. The van der Waals surface area contributed by atoms with E-state index in [1.165, 1.54) is 0 Å². The molecule has 0 saturated heterocycles. The summed E-state index contributed by atoms with van der Waals surface area (Å²) in [4.78, 5) is 0. The second-order valence-electron chi connectivity index (χ2n) is 5.57. The molecular formula is C16H22BrN3O. The first-order chi connectivity index (χ1) is 9.97. The zero-order chi connectivity index (χ0) is 15.4. The van der Waals surface area contributed by atoms with Crippen LogP contribution in [0.3, 0.4) is 0 Å². The fourth-order valence-corrected chi connectivity index (χ4v) is 2.38. The van der Waals surface area contributed by atoms with E-state index in [2.05, 4.69) is 40.2 Å². The minimum Gasteiger partial charge on any atom is -0.439 e. The maximum atomic E-state index is 6.01. The SMILES string of the molecule is Cc1nn(C)c(Oc2ccc(Br)cc2)c1CNCC(C)C. The Morgan fingerprint density at radius 3 is 2.57 bits per heavy atom. The molecular weight excluding hydrogens is 330 g/mol. The molecule has 5 heteroatoms. The lowest BCUT2D eigenvalue weighted by Crippen LogP contribution is -2.19. The van der Waals surface area contributed by atoms with Gasteiger partial charge in [0.25, 0.3) is 0 Å². The number of benzene rings is 1. The molecule has 2 rings (SSSR count). The van der Waals surface area contributed by atoms with Crippen molar-refractivity contribution in [3.05, 3.63) is 40.0 Å². The summed E-state index contributed by atoms with van der Waals surface area (Å²) in [6.07, 6.45) is 0. The standard InChI is InChI=1S/C16H22BrN3O/c1-11(2)9-18-10-15-12(3)19-20(4)16(15)21-14-7-5-13(17)6-8-14/h5-8,11,18H,9-10H2,1-4H3. The molecule has 0 atom stereocenters. The molecule has 0 amide bonds. The molecule has 1 aromatic carbocycles. The summed E-state index contributed by atoms with van der Waals surface area (Å²) in [6, 6.07) is 7.82. The molecule has 1 N–H and O–H groups in total. The number of aryl methyl sites for hydroxylation is 2. The van der Waals surface area contributed by atoms with E-state index in [1.54, 1.807) is 4.68 Å². The first-order valence-corrected chi connectivity index (χ1v) is 7.93. The molecule has 114 valence electrons. The van der Waals surface area contributed by atoms with Crippen molar-refractivity contribution in [1.82, 2.24) is 15.1 Å². The quantitative estimate of drug-likeness (QED) is 0.853. The highest BCUT2D eigenvalue weighted by atomic mass is 79.9. The van der Waals surface area contributed by atoms with Gasteiger partial charge < -0.3 is 10.1 Å². The maximum absolute atomic E-state index is 6.01. The second-order valence-corrected chi connectivity index (χ2v) is 6.49. The van der Waals surface area contributed by atoms with Crippen LogP contribution in [-0.4, -0.2) is 16.3 Å². The van der Waals surface area contributed by atoms with Crippen LogP contribution >= 0.6 is 15.9 Å². The molecule has 4 nitrogen and oxygen atoms in total. The van der Waals surface area contributed by atoms with E-state index in [1.807, 2.05) is 38.2 Å². The molecule has 0 spiro atoms. The van der Waals surface area contributed by atoms with Gasteiger partial charge in [0.1, 0.15) is 5.75 Å². The van der Waals surface area contributed by atoms with Gasteiger partial charge in [-0.2, -0.15) is 5.10 Å². The Morgan fingerprint density at radius 1 is 1.29 bits per heavy atom. The van der Waals surface area contributed by atoms with Gasteiger partial charge in [-0.3, -0.25) is 0 Å². The molecule has 0 radical (unpaired) electrons. The van der Waals surface area contributed by atoms with E-state index in [-0.39, 0.29) is 0 Å². The van der Waals surface area contributed by atoms with Gasteiger partial charge in [-0.15, -0.1) is 0 Å². The highest BCUT2D eigenvalue weighted by Crippen LogP contribution is 2.28. The van der Waals surface area contributed by atoms with Gasteiger partial charge >= 0.3 is 0 Å². The monoisotopic (exact) mass is 351 g/mol. The van der Waals surface area contributed by atoms with Crippen LogP contribution < -0.4 is 10.1 Å². The van der Waals surface area contributed by atoms with Gasteiger partial charge in [0, 0.05) is 18.1 Å². The number of hydrogen-bond acceptors (Lipinski definition) is 3. The van der Waals surface area contributed by atoms with E-state index in [9.17, 15) is 0 Å². The molecule has 1 aromatic heterocycles. The Labute approximate surface area is 134 Å². The van der Waals surface area contributed by atoms with Crippen LogP contribution in [0.5, 0.6) is 11.6 Å². The van der Waals surface area contributed by atoms with E-state index in [0.29, 0.717) is 5.92 Å². The van der Waals surface area contributed by atoms with Crippen molar-refractivity contribution in [3.63, 3.8) is 0 Å². The normalized spacial score (nSPS) is 11.1. The van der Waals surface area contributed by atoms with Crippen LogP contribution in [-0.2, 0) is 13.6 Å². The summed E-state index contributed by atoms with van der Waals surface area (Å²) in [5.74, 6) is 2.23. The highest BCUT2D eigenvalue weighted by molar-refractivity contribution is 9.10. The summed E-state index contributed by atoms with van der Waals surface area (Å²) in [7, 11) is 1.91. The van der Waals surface area contributed by atoms with Crippen LogP contribution in [0.4, 0.5) is 0 Å². The van der Waals surface area contributed by atoms with Crippen molar-refractivity contribution in [2.75, 3.05) is 6.54 Å². The minimum absolute atomic E-state index is 0.623. The predicted octanol–water partition coefficient (Wildman–Crippen LogP) is 4.03. The molecule has 1 heterocycles. The van der Waals surface area contributed by atoms with E-state index in [4.69, 9.17) is 4.74 Å². The molecule has 0 saturated carbocycles. The smallest absolute Gasteiger partial charge is 0.222 e. The van der Waals surface area contributed by atoms with Gasteiger partial charge in [0.15, 0.2) is 0 Å². The van der Waals surface area contributed by atoms with Crippen molar-refractivity contribution >= 4 is 15.9 Å². The Kier molecular flexibility index (Phi) is 5.42. The van der Waals surface area contributed by atoms with Crippen molar-refractivity contribution < 1.29 is 4.74 Å². The maximum Gasteiger partial charge on any atom is 0.222 e. The summed E-state index contributed by atoms with van der Waals surface area (Å²) >= 11 is 3.43. The van der Waals surface area contributed by atoms with Crippen molar-refractivity contribution in [2.45, 2.75) is 27.3 Å². The molecule has 0 unspecified atom stereocenters. The first kappa shape index (κ1) is 16.0. The molecule has 0 aliphatic rings. The third-order valence-corrected chi connectivity index (χ3v) is 3.70. The van der Waals surface area contributed by atoms with Gasteiger partial charge in [0.2, 0.25) is 5.88 Å². The van der Waals surface area contributed by atoms with E-state index >= 15 is 0 Å². The van der Waals surface area contributed by atoms with E-state index in [0.717, 1.165) is 40.4 Å². The number of nitrogens with one attached hydrogen (secondary N) is 1. The first-order valence-electron chi connectivity index (χ1n) is 7.14. The van der Waals surface area contributed by atoms with Crippen molar-refractivity contribution in [2.24, 2.45) is 13.0 Å². The number of ether oxygens (including phenoxy) is 1. The summed E-state index contributed by atoms with van der Waals surface area (Å²) in [5.41, 5.74) is 2.11. The third-order valence-electron chi connectivity index (χ3n) is 3.17. The van der Waals surface area contributed by atoms with Crippen LogP contribution in [0.2, 0.25) is 0 Å². The van der Waals surface area contributed by atoms with Crippen LogP contribution in [0, 0.1) is 12.8 Å². The van der Waals surface area contributed by atoms with Crippen molar-refractivity contribution in [1.29, 1.82) is 0 Å². The van der Waals surface area contributed by atoms with Gasteiger partial charge in [-0.25, -0.2) is 4.68 Å². The zero-order valence-corrected chi connectivity index (χ0v) is 14.6. The van der Waals surface area contributed by atoms with Gasteiger partial charge in [-0.05, 0) is 43.7 Å². The molecule has 0 aliphatic heterocycles. The Bertz CT molecular complexity index is 590. The Hall–Kier alpha value is -1.33. The van der Waals surface area contributed by atoms with Gasteiger partial charge in [-0.1, -0.05) is 29.8 Å². The van der Waals surface area contributed by atoms with Crippen molar-refractivity contribution in [3.8, 4) is 11.6 Å². The predicted molar refractivity (Wildman–Crippen MR) is 88.7 cm³/mol. The topological polar surface area (TPSA) is 39.1 Å². The Balaban J connectivity index is 2.16. The number of aromatic nitrogens is 2. The fourth-order valence-electron chi connectivity index (χ4n) is 2.11. The summed E-state index contributed by atoms with van der Waals surface area (Å²) < 4.78 is 8.85. The number of halogens is 1. The average Bonchev–Trinajstić information content (AvgIpc) is 2.68. The summed E-state index contributed by atoms with van der Waals surface area (Å²) in [5, 5.41) is 7.91. The number of rotatable bonds is 6. The largest absolute Gasteiger partial charge is 0.439 e. The molecule has 2 aromatic rings. The molecule has 21 heavy (non-hydrogen) atoms.